The lowest BCUT2D eigenvalue weighted by Crippen LogP contribution is -2.50. The van der Waals surface area contributed by atoms with Gasteiger partial charge < -0.3 is 15.3 Å². The van der Waals surface area contributed by atoms with E-state index in [-0.39, 0.29) is 24.5 Å². The normalized spacial score (nSPS) is 28.4. The Labute approximate surface area is 126 Å². The van der Waals surface area contributed by atoms with Crippen LogP contribution < -0.4 is 5.32 Å². The summed E-state index contributed by atoms with van der Waals surface area (Å²) in [5, 5.41) is 12.6. The van der Waals surface area contributed by atoms with Crippen LogP contribution in [0.3, 0.4) is 0 Å². The van der Waals surface area contributed by atoms with E-state index in [1.807, 2.05) is 6.92 Å². The number of carbonyl (C=O) groups excluding carboxylic acids is 2. The minimum absolute atomic E-state index is 0.0186. The third kappa shape index (κ3) is 4.17. The molecule has 0 spiro atoms. The molecule has 2 aliphatic rings. The van der Waals surface area contributed by atoms with Crippen molar-refractivity contribution in [1.29, 1.82) is 0 Å². The number of aliphatic hydroxyl groups excluding tert-OH is 1. The topological polar surface area (TPSA) is 72.9 Å². The molecule has 0 radical (unpaired) electrons. The van der Waals surface area contributed by atoms with Crippen LogP contribution in [0.25, 0.3) is 0 Å². The summed E-state index contributed by atoms with van der Waals surface area (Å²) in [6, 6.07) is 0.648. The number of aliphatic hydroxyl groups is 1. The smallest absolute Gasteiger partial charge is 0.239 e. The van der Waals surface area contributed by atoms with Gasteiger partial charge >= 0.3 is 0 Å². The number of nitrogens with one attached hydrogen (secondary N) is 1. The molecule has 0 aliphatic carbocycles. The van der Waals surface area contributed by atoms with Crippen LogP contribution in [-0.2, 0) is 9.59 Å². The molecular formula is C15H27N3O3. The number of nitrogens with zero attached hydrogens (tertiary/aromatic N) is 2. The molecule has 120 valence electrons. The molecule has 2 amide bonds. The molecule has 2 N–H and O–H groups in total. The maximum absolute atomic E-state index is 12.3. The number of likely N-dealkylation sites (N-methyl/N-ethyl adjacent to an activating group) is 1. The maximum atomic E-state index is 12.3. The molecule has 2 bridgehead atoms. The lowest BCUT2D eigenvalue weighted by Gasteiger charge is -2.37. The molecule has 21 heavy (non-hydrogen) atoms. The standard InChI is InChI=1S/C15H27N3O3/c1-3-6-16-14(20)9-17(2)15(21)10-18-11-4-5-12(18)8-13(19)7-11/h11-13,19H,3-10H2,1-2H3,(H,16,20). The third-order valence-electron chi connectivity index (χ3n) is 4.56. The second kappa shape index (κ2) is 7.22. The molecule has 6 heteroatoms. The summed E-state index contributed by atoms with van der Waals surface area (Å²) in [7, 11) is 1.68. The second-order valence-electron chi connectivity index (χ2n) is 6.28. The number of fused-ring (bicyclic) bond motifs is 2. The molecule has 0 aromatic carbocycles. The Balaban J connectivity index is 1.80. The minimum Gasteiger partial charge on any atom is -0.393 e. The van der Waals surface area contributed by atoms with Crippen LogP contribution in [0, 0.1) is 0 Å². The van der Waals surface area contributed by atoms with E-state index in [2.05, 4.69) is 10.2 Å². The lowest BCUT2D eigenvalue weighted by molar-refractivity contribution is -0.136. The highest BCUT2D eigenvalue weighted by molar-refractivity contribution is 5.85. The van der Waals surface area contributed by atoms with Gasteiger partial charge in [-0.25, -0.2) is 0 Å². The van der Waals surface area contributed by atoms with Gasteiger partial charge in [-0.1, -0.05) is 6.92 Å². The van der Waals surface area contributed by atoms with Gasteiger partial charge in [0.1, 0.15) is 0 Å². The van der Waals surface area contributed by atoms with Gasteiger partial charge in [0.2, 0.25) is 11.8 Å². The predicted molar refractivity (Wildman–Crippen MR) is 79.7 cm³/mol. The van der Waals surface area contributed by atoms with Crippen LogP contribution in [0.4, 0.5) is 0 Å². The first-order valence-electron chi connectivity index (χ1n) is 7.95. The van der Waals surface area contributed by atoms with Gasteiger partial charge in [0, 0.05) is 25.7 Å². The number of rotatable bonds is 6. The van der Waals surface area contributed by atoms with Gasteiger partial charge in [0.05, 0.1) is 19.2 Å². The average Bonchev–Trinajstić information content (AvgIpc) is 2.68. The molecule has 2 heterocycles. The maximum Gasteiger partial charge on any atom is 0.239 e. The molecule has 0 aromatic rings. The van der Waals surface area contributed by atoms with Crippen molar-refractivity contribution < 1.29 is 14.7 Å². The molecule has 2 saturated heterocycles. The zero-order chi connectivity index (χ0) is 15.4. The summed E-state index contributed by atoms with van der Waals surface area (Å²) < 4.78 is 0. The first kappa shape index (κ1) is 16.2. The van der Waals surface area contributed by atoms with E-state index >= 15 is 0 Å². The summed E-state index contributed by atoms with van der Waals surface area (Å²) in [4.78, 5) is 27.6. The van der Waals surface area contributed by atoms with Crippen LogP contribution in [0.5, 0.6) is 0 Å². The number of hydrogen-bond acceptors (Lipinski definition) is 4. The van der Waals surface area contributed by atoms with Crippen LogP contribution in [-0.4, -0.2) is 71.6 Å². The monoisotopic (exact) mass is 297 g/mol. The highest BCUT2D eigenvalue weighted by atomic mass is 16.3. The van der Waals surface area contributed by atoms with E-state index in [0.717, 1.165) is 32.1 Å². The second-order valence-corrected chi connectivity index (χ2v) is 6.28. The fraction of sp³-hybridized carbons (Fsp3) is 0.867. The van der Waals surface area contributed by atoms with E-state index < -0.39 is 0 Å². The number of hydrogen-bond donors (Lipinski definition) is 2. The molecule has 0 aromatic heterocycles. The molecule has 2 unspecified atom stereocenters. The Morgan fingerprint density at radius 1 is 1.29 bits per heavy atom. The van der Waals surface area contributed by atoms with Gasteiger partial charge in [-0.05, 0) is 32.1 Å². The van der Waals surface area contributed by atoms with Crippen molar-refractivity contribution in [3.63, 3.8) is 0 Å². The Bertz CT molecular complexity index is 374. The fourth-order valence-corrected chi connectivity index (χ4v) is 3.40. The zero-order valence-electron chi connectivity index (χ0n) is 13.0. The van der Waals surface area contributed by atoms with Crippen molar-refractivity contribution in [2.24, 2.45) is 0 Å². The number of piperidine rings is 1. The van der Waals surface area contributed by atoms with E-state index in [4.69, 9.17) is 0 Å². The summed E-state index contributed by atoms with van der Waals surface area (Å²) >= 11 is 0. The zero-order valence-corrected chi connectivity index (χ0v) is 13.0. The van der Waals surface area contributed by atoms with Crippen molar-refractivity contribution >= 4 is 11.8 Å². The van der Waals surface area contributed by atoms with E-state index in [9.17, 15) is 14.7 Å². The molecule has 2 fully saturated rings. The molecule has 0 saturated carbocycles. The van der Waals surface area contributed by atoms with Crippen LogP contribution >= 0.6 is 0 Å². The first-order valence-corrected chi connectivity index (χ1v) is 7.95. The fourth-order valence-electron chi connectivity index (χ4n) is 3.40. The summed E-state index contributed by atoms with van der Waals surface area (Å²) in [5.41, 5.74) is 0. The third-order valence-corrected chi connectivity index (χ3v) is 4.56. The Morgan fingerprint density at radius 2 is 1.90 bits per heavy atom. The van der Waals surface area contributed by atoms with Gasteiger partial charge in [-0.15, -0.1) is 0 Å². The Morgan fingerprint density at radius 3 is 2.48 bits per heavy atom. The van der Waals surface area contributed by atoms with E-state index in [1.54, 1.807) is 7.05 Å². The quantitative estimate of drug-likeness (QED) is 0.721. The summed E-state index contributed by atoms with van der Waals surface area (Å²) in [5.74, 6) is -0.125. The van der Waals surface area contributed by atoms with Gasteiger partial charge in [0.25, 0.3) is 0 Å². The summed E-state index contributed by atoms with van der Waals surface area (Å²) in [6.45, 7) is 3.12. The van der Waals surface area contributed by atoms with E-state index in [0.29, 0.717) is 25.2 Å². The Hall–Kier alpha value is -1.14. The van der Waals surface area contributed by atoms with Crippen LogP contribution in [0.15, 0.2) is 0 Å². The van der Waals surface area contributed by atoms with Crippen molar-refractivity contribution in [1.82, 2.24) is 15.1 Å². The largest absolute Gasteiger partial charge is 0.393 e. The van der Waals surface area contributed by atoms with Gasteiger partial charge in [-0.2, -0.15) is 0 Å². The molecule has 2 aliphatic heterocycles. The molecule has 2 rings (SSSR count). The predicted octanol–water partition coefficient (Wildman–Crippen LogP) is -0.0413. The van der Waals surface area contributed by atoms with Crippen LogP contribution in [0.2, 0.25) is 0 Å². The molecule has 2 atom stereocenters. The molecule has 6 nitrogen and oxygen atoms in total. The summed E-state index contributed by atoms with van der Waals surface area (Å²) in [6.07, 6.45) is 4.34. The van der Waals surface area contributed by atoms with Gasteiger partial charge in [-0.3, -0.25) is 14.5 Å². The molecular weight excluding hydrogens is 270 g/mol. The SMILES string of the molecule is CCCNC(=O)CN(C)C(=O)CN1C2CCC1CC(O)C2. The first-order chi connectivity index (χ1) is 10.0. The van der Waals surface area contributed by atoms with Crippen LogP contribution in [0.1, 0.15) is 39.0 Å². The van der Waals surface area contributed by atoms with Crippen molar-refractivity contribution in [3.8, 4) is 0 Å². The van der Waals surface area contributed by atoms with E-state index in [1.165, 1.54) is 4.90 Å². The lowest BCUT2D eigenvalue weighted by atomic mass is 10.00. The Kier molecular flexibility index (Phi) is 5.58. The highest BCUT2D eigenvalue weighted by Gasteiger charge is 2.41. The van der Waals surface area contributed by atoms with Crippen molar-refractivity contribution in [3.05, 3.63) is 0 Å². The number of carbonyl (C=O) groups is 2. The average molecular weight is 297 g/mol. The minimum atomic E-state index is -0.216. The van der Waals surface area contributed by atoms with Gasteiger partial charge in [0.15, 0.2) is 0 Å². The highest BCUT2D eigenvalue weighted by Crippen LogP contribution is 2.35. The number of amides is 2. The van der Waals surface area contributed by atoms with Crippen molar-refractivity contribution in [2.75, 3.05) is 26.7 Å². The van der Waals surface area contributed by atoms with Crippen molar-refractivity contribution in [2.45, 2.75) is 57.2 Å².